The van der Waals surface area contributed by atoms with E-state index in [0.29, 0.717) is 12.5 Å². The molecule has 2 rings (SSSR count). The minimum absolute atomic E-state index is 0.364. The van der Waals surface area contributed by atoms with Crippen molar-refractivity contribution in [2.45, 2.75) is 77.6 Å². The van der Waals surface area contributed by atoms with Gasteiger partial charge in [-0.2, -0.15) is 0 Å². The zero-order valence-electron chi connectivity index (χ0n) is 13.5. The van der Waals surface area contributed by atoms with Gasteiger partial charge in [-0.3, -0.25) is 0 Å². The lowest BCUT2D eigenvalue weighted by Crippen LogP contribution is -2.15. The molecule has 2 fully saturated rings. The first kappa shape index (κ1) is 16.4. The van der Waals surface area contributed by atoms with Crippen LogP contribution in [0.15, 0.2) is 0 Å². The summed E-state index contributed by atoms with van der Waals surface area (Å²) in [6, 6.07) is 0. The Morgan fingerprint density at radius 2 is 1.57 bits per heavy atom. The number of esters is 1. The summed E-state index contributed by atoms with van der Waals surface area (Å²) in [5, 5.41) is 0. The second-order valence-corrected chi connectivity index (χ2v) is 6.79. The average molecular weight is 290 g/mol. The van der Waals surface area contributed by atoms with Crippen LogP contribution in [-0.4, -0.2) is 12.6 Å². The van der Waals surface area contributed by atoms with Crippen LogP contribution in [0.5, 0.6) is 0 Å². The smallest absolute Gasteiger partial charge is 0.384 e. The second-order valence-electron chi connectivity index (χ2n) is 6.79. The molecule has 2 aliphatic carbocycles. The van der Waals surface area contributed by atoms with E-state index in [4.69, 9.17) is 4.74 Å². The van der Waals surface area contributed by atoms with Crippen molar-refractivity contribution < 1.29 is 9.53 Å². The van der Waals surface area contributed by atoms with Gasteiger partial charge >= 0.3 is 5.97 Å². The van der Waals surface area contributed by atoms with Gasteiger partial charge in [0.1, 0.15) is 0 Å². The van der Waals surface area contributed by atoms with Crippen LogP contribution in [0.4, 0.5) is 0 Å². The van der Waals surface area contributed by atoms with E-state index >= 15 is 0 Å². The van der Waals surface area contributed by atoms with E-state index in [2.05, 4.69) is 11.8 Å². The van der Waals surface area contributed by atoms with Gasteiger partial charge in [0.25, 0.3) is 0 Å². The summed E-state index contributed by atoms with van der Waals surface area (Å²) in [4.78, 5) is 11.2. The van der Waals surface area contributed by atoms with E-state index in [1.165, 1.54) is 70.6 Å². The van der Waals surface area contributed by atoms with Gasteiger partial charge in [0.15, 0.2) is 0 Å². The van der Waals surface area contributed by atoms with Gasteiger partial charge in [-0.15, -0.1) is 0 Å². The third-order valence-electron chi connectivity index (χ3n) is 5.21. The maximum atomic E-state index is 11.2. The normalized spacial score (nSPS) is 26.7. The summed E-state index contributed by atoms with van der Waals surface area (Å²) >= 11 is 0. The van der Waals surface area contributed by atoms with E-state index in [0.717, 1.165) is 11.8 Å². The predicted molar refractivity (Wildman–Crippen MR) is 85.7 cm³/mol. The van der Waals surface area contributed by atoms with Gasteiger partial charge in [0, 0.05) is 11.8 Å². The maximum Gasteiger partial charge on any atom is 0.384 e. The second kappa shape index (κ2) is 9.13. The molecular weight excluding hydrogens is 260 g/mol. The fraction of sp³-hybridized carbons (Fsp3) is 0.842. The van der Waals surface area contributed by atoms with Crippen molar-refractivity contribution in [3.63, 3.8) is 0 Å². The van der Waals surface area contributed by atoms with E-state index in [9.17, 15) is 4.79 Å². The molecule has 0 aromatic rings. The molecule has 2 heteroatoms. The first-order valence-corrected chi connectivity index (χ1v) is 8.96. The van der Waals surface area contributed by atoms with E-state index in [1.807, 2.05) is 6.92 Å². The Balaban J connectivity index is 1.62. The van der Waals surface area contributed by atoms with Crippen LogP contribution in [0.3, 0.4) is 0 Å². The van der Waals surface area contributed by atoms with Crippen molar-refractivity contribution in [2.24, 2.45) is 17.8 Å². The topological polar surface area (TPSA) is 26.3 Å². The summed E-state index contributed by atoms with van der Waals surface area (Å²) < 4.78 is 4.85. The zero-order valence-corrected chi connectivity index (χ0v) is 13.5. The molecule has 0 aromatic heterocycles. The molecular formula is C19H30O2. The lowest BCUT2D eigenvalue weighted by atomic mass is 9.77. The Morgan fingerprint density at radius 3 is 2.19 bits per heavy atom. The van der Waals surface area contributed by atoms with Crippen molar-refractivity contribution in [1.29, 1.82) is 0 Å². The van der Waals surface area contributed by atoms with Crippen molar-refractivity contribution in [1.82, 2.24) is 0 Å². The van der Waals surface area contributed by atoms with Crippen molar-refractivity contribution in [3.05, 3.63) is 0 Å². The Morgan fingerprint density at radius 1 is 0.952 bits per heavy atom. The summed E-state index contributed by atoms with van der Waals surface area (Å²) in [5.41, 5.74) is 0. The summed E-state index contributed by atoms with van der Waals surface area (Å²) in [7, 11) is 0. The fourth-order valence-corrected chi connectivity index (χ4v) is 3.87. The van der Waals surface area contributed by atoms with Crippen molar-refractivity contribution >= 4 is 5.97 Å². The SMILES string of the molecule is CCOC(=O)C#CC1CCC(CCC2CCCCC2)CC1. The van der Waals surface area contributed by atoms with Crippen LogP contribution < -0.4 is 0 Å². The highest BCUT2D eigenvalue weighted by Crippen LogP contribution is 2.34. The standard InChI is InChI=1S/C19H30O2/c1-2-21-19(20)15-14-18-12-10-17(11-13-18)9-8-16-6-4-3-5-7-16/h16-18H,2-13H2,1H3. The van der Waals surface area contributed by atoms with Crippen LogP contribution in [0.1, 0.15) is 77.6 Å². The van der Waals surface area contributed by atoms with E-state index < -0.39 is 0 Å². The Kier molecular flexibility index (Phi) is 7.13. The van der Waals surface area contributed by atoms with Crippen LogP contribution in [0.2, 0.25) is 0 Å². The summed E-state index contributed by atoms with van der Waals surface area (Å²) in [5.74, 6) is 7.73. The van der Waals surface area contributed by atoms with Gasteiger partial charge in [-0.25, -0.2) is 4.79 Å². The van der Waals surface area contributed by atoms with Crippen LogP contribution >= 0.6 is 0 Å². The molecule has 0 radical (unpaired) electrons. The van der Waals surface area contributed by atoms with Gasteiger partial charge in [-0.05, 0) is 44.4 Å². The molecule has 0 atom stereocenters. The molecule has 0 heterocycles. The van der Waals surface area contributed by atoms with Gasteiger partial charge < -0.3 is 4.74 Å². The molecule has 0 aliphatic heterocycles. The molecule has 118 valence electrons. The minimum Gasteiger partial charge on any atom is -0.456 e. The first-order valence-electron chi connectivity index (χ1n) is 8.96. The largest absolute Gasteiger partial charge is 0.456 e. The lowest BCUT2D eigenvalue weighted by molar-refractivity contribution is -0.136. The molecule has 0 spiro atoms. The van der Waals surface area contributed by atoms with Crippen LogP contribution in [0, 0.1) is 29.6 Å². The monoisotopic (exact) mass is 290 g/mol. The van der Waals surface area contributed by atoms with Crippen molar-refractivity contribution in [3.8, 4) is 11.8 Å². The molecule has 0 aromatic carbocycles. The van der Waals surface area contributed by atoms with Gasteiger partial charge in [0.05, 0.1) is 6.61 Å². The predicted octanol–water partition coefficient (Wildman–Crippen LogP) is 4.72. The number of hydrogen-bond acceptors (Lipinski definition) is 2. The first-order chi connectivity index (χ1) is 10.3. The number of hydrogen-bond donors (Lipinski definition) is 0. The highest BCUT2D eigenvalue weighted by Gasteiger charge is 2.21. The highest BCUT2D eigenvalue weighted by atomic mass is 16.5. The van der Waals surface area contributed by atoms with Gasteiger partial charge in [0.2, 0.25) is 0 Å². The van der Waals surface area contributed by atoms with Crippen LogP contribution in [-0.2, 0) is 9.53 Å². The molecule has 2 aliphatic rings. The molecule has 21 heavy (non-hydrogen) atoms. The van der Waals surface area contributed by atoms with Gasteiger partial charge in [-0.1, -0.05) is 50.9 Å². The maximum absolute atomic E-state index is 11.2. The van der Waals surface area contributed by atoms with E-state index in [-0.39, 0.29) is 5.97 Å². The fourth-order valence-electron chi connectivity index (χ4n) is 3.87. The molecule has 2 saturated carbocycles. The van der Waals surface area contributed by atoms with E-state index in [1.54, 1.807) is 0 Å². The molecule has 0 bridgehead atoms. The number of carbonyl (C=O) groups is 1. The zero-order chi connectivity index (χ0) is 14.9. The minimum atomic E-state index is -0.364. The Labute approximate surface area is 130 Å². The number of carbonyl (C=O) groups excluding carboxylic acids is 1. The highest BCUT2D eigenvalue weighted by molar-refractivity contribution is 5.88. The number of rotatable bonds is 4. The summed E-state index contributed by atoms with van der Waals surface area (Å²) in [6.07, 6.45) is 15.1. The van der Waals surface area contributed by atoms with Crippen molar-refractivity contribution in [2.75, 3.05) is 6.61 Å². The molecule has 2 nitrogen and oxygen atoms in total. The van der Waals surface area contributed by atoms with Crippen LogP contribution in [0.25, 0.3) is 0 Å². The average Bonchev–Trinajstić information content (AvgIpc) is 2.53. The number of ether oxygens (including phenoxy) is 1. The molecule has 0 saturated heterocycles. The quantitative estimate of drug-likeness (QED) is 0.425. The third kappa shape index (κ3) is 6.12. The molecule has 0 N–H and O–H groups in total. The summed E-state index contributed by atoms with van der Waals surface area (Å²) in [6.45, 7) is 2.23. The Bertz CT molecular complexity index is 363. The lowest BCUT2D eigenvalue weighted by Gasteiger charge is -2.28. The Hall–Kier alpha value is -0.970. The molecule has 0 unspecified atom stereocenters. The molecule has 0 amide bonds. The third-order valence-corrected chi connectivity index (χ3v) is 5.21.